The van der Waals surface area contributed by atoms with Crippen molar-refractivity contribution in [2.45, 2.75) is 17.7 Å². The fraction of sp³-hybridized carbons (Fsp3) is 0.300. The van der Waals surface area contributed by atoms with Crippen molar-refractivity contribution in [2.24, 2.45) is 5.92 Å². The van der Waals surface area contributed by atoms with E-state index in [9.17, 15) is 18.0 Å². The molecule has 1 saturated heterocycles. The van der Waals surface area contributed by atoms with Gasteiger partial charge in [0.2, 0.25) is 11.8 Å². The molecule has 0 aliphatic carbocycles. The molecule has 2 aromatic carbocycles. The second-order valence-corrected chi connectivity index (χ2v) is 9.13. The Morgan fingerprint density at radius 2 is 1.79 bits per heavy atom. The first-order valence-electron chi connectivity index (χ1n) is 9.01. The van der Waals surface area contributed by atoms with E-state index in [4.69, 9.17) is 11.6 Å². The summed E-state index contributed by atoms with van der Waals surface area (Å²) < 4.78 is 24.5. The topological polar surface area (TPSA) is 83.6 Å². The normalized spacial score (nSPS) is 17.0. The fourth-order valence-corrected chi connectivity index (χ4v) is 4.60. The van der Waals surface area contributed by atoms with E-state index >= 15 is 0 Å². The quantitative estimate of drug-likeness (QED) is 0.551. The van der Waals surface area contributed by atoms with Crippen molar-refractivity contribution in [3.8, 4) is 0 Å². The van der Waals surface area contributed by atoms with Crippen LogP contribution in [0.3, 0.4) is 0 Å². The van der Waals surface area contributed by atoms with E-state index in [-0.39, 0.29) is 35.4 Å². The molecule has 0 bridgehead atoms. The van der Waals surface area contributed by atoms with Crippen LogP contribution in [0.1, 0.15) is 12.8 Å². The van der Waals surface area contributed by atoms with Gasteiger partial charge in [-0.3, -0.25) is 9.59 Å². The third-order valence-electron chi connectivity index (χ3n) is 4.65. The number of carbonyl (C=O) groups is 2. The van der Waals surface area contributed by atoms with Gasteiger partial charge >= 0.3 is 0 Å². The maximum absolute atomic E-state index is 12.5. The van der Waals surface area contributed by atoms with Crippen LogP contribution in [0.2, 0.25) is 5.02 Å². The Morgan fingerprint density at radius 1 is 1.11 bits per heavy atom. The SMILES string of the molecule is O=C(NCCCS(=O)(=O)c1ccccc1)C1CCN(c2ccc(Cl)cc2)C1=O. The summed E-state index contributed by atoms with van der Waals surface area (Å²) in [5, 5.41) is 3.27. The Morgan fingerprint density at radius 3 is 2.46 bits per heavy atom. The zero-order valence-electron chi connectivity index (χ0n) is 15.2. The van der Waals surface area contributed by atoms with Crippen LogP contribution in [0.25, 0.3) is 0 Å². The zero-order chi connectivity index (χ0) is 20.1. The van der Waals surface area contributed by atoms with Crippen LogP contribution in [-0.2, 0) is 19.4 Å². The molecule has 1 aliphatic rings. The van der Waals surface area contributed by atoms with Crippen molar-refractivity contribution < 1.29 is 18.0 Å². The first-order chi connectivity index (χ1) is 13.4. The molecule has 148 valence electrons. The smallest absolute Gasteiger partial charge is 0.239 e. The maximum Gasteiger partial charge on any atom is 0.239 e. The summed E-state index contributed by atoms with van der Waals surface area (Å²) in [4.78, 5) is 26.7. The van der Waals surface area contributed by atoms with Crippen molar-refractivity contribution in [1.82, 2.24) is 5.32 Å². The standard InChI is InChI=1S/C20H21ClN2O4S/c21-15-7-9-16(10-8-15)23-13-11-18(20(23)25)19(24)22-12-4-14-28(26,27)17-5-2-1-3-6-17/h1-3,5-10,18H,4,11-14H2,(H,22,24). The van der Waals surface area contributed by atoms with Crippen molar-refractivity contribution in [3.63, 3.8) is 0 Å². The number of sulfone groups is 1. The maximum atomic E-state index is 12.5. The molecule has 1 atom stereocenters. The molecular formula is C20H21ClN2O4S. The highest BCUT2D eigenvalue weighted by Crippen LogP contribution is 2.26. The number of carbonyl (C=O) groups excluding carboxylic acids is 2. The summed E-state index contributed by atoms with van der Waals surface area (Å²) in [6.07, 6.45) is 0.709. The molecular weight excluding hydrogens is 400 g/mol. The lowest BCUT2D eigenvalue weighted by molar-refractivity contribution is -0.132. The molecule has 3 rings (SSSR count). The van der Waals surface area contributed by atoms with E-state index in [2.05, 4.69) is 5.32 Å². The molecule has 0 saturated carbocycles. The van der Waals surface area contributed by atoms with E-state index in [0.29, 0.717) is 23.7 Å². The minimum Gasteiger partial charge on any atom is -0.355 e. The highest BCUT2D eigenvalue weighted by Gasteiger charge is 2.37. The number of hydrogen-bond donors (Lipinski definition) is 1. The number of hydrogen-bond acceptors (Lipinski definition) is 4. The van der Waals surface area contributed by atoms with Crippen molar-refractivity contribution in [2.75, 3.05) is 23.7 Å². The molecule has 1 fully saturated rings. The second kappa shape index (κ2) is 8.75. The predicted octanol–water partition coefficient (Wildman–Crippen LogP) is 2.67. The molecule has 6 nitrogen and oxygen atoms in total. The predicted molar refractivity (Wildman–Crippen MR) is 108 cm³/mol. The highest BCUT2D eigenvalue weighted by atomic mass is 35.5. The minimum absolute atomic E-state index is 0.0627. The lowest BCUT2D eigenvalue weighted by Crippen LogP contribution is -2.37. The van der Waals surface area contributed by atoms with Gasteiger partial charge in [0.1, 0.15) is 5.92 Å². The number of anilines is 1. The van der Waals surface area contributed by atoms with Crippen LogP contribution >= 0.6 is 11.6 Å². The second-order valence-electron chi connectivity index (χ2n) is 6.58. The Kier molecular flexibility index (Phi) is 6.36. The molecule has 1 aliphatic heterocycles. The van der Waals surface area contributed by atoms with Gasteiger partial charge in [0.15, 0.2) is 9.84 Å². The van der Waals surface area contributed by atoms with E-state index in [1.165, 1.54) is 0 Å². The molecule has 0 aromatic heterocycles. The van der Waals surface area contributed by atoms with Crippen LogP contribution < -0.4 is 10.2 Å². The third-order valence-corrected chi connectivity index (χ3v) is 6.72. The lowest BCUT2D eigenvalue weighted by Gasteiger charge is -2.16. The third kappa shape index (κ3) is 4.72. The number of halogens is 1. The molecule has 0 radical (unpaired) electrons. The molecule has 1 heterocycles. The van der Waals surface area contributed by atoms with Crippen molar-refractivity contribution >= 4 is 38.9 Å². The lowest BCUT2D eigenvalue weighted by atomic mass is 10.1. The van der Waals surface area contributed by atoms with Gasteiger partial charge in [0, 0.05) is 23.8 Å². The minimum atomic E-state index is -3.37. The molecule has 1 unspecified atom stereocenters. The van der Waals surface area contributed by atoms with Gasteiger partial charge in [-0.15, -0.1) is 0 Å². The summed E-state index contributed by atoms with van der Waals surface area (Å²) in [6, 6.07) is 15.1. The Labute approximate surface area is 169 Å². The molecule has 2 aromatic rings. The molecule has 0 spiro atoms. The van der Waals surface area contributed by atoms with Gasteiger partial charge < -0.3 is 10.2 Å². The highest BCUT2D eigenvalue weighted by molar-refractivity contribution is 7.91. The van der Waals surface area contributed by atoms with Crippen molar-refractivity contribution in [1.29, 1.82) is 0 Å². The summed E-state index contributed by atoms with van der Waals surface area (Å²) >= 11 is 5.87. The number of nitrogens with one attached hydrogen (secondary N) is 1. The van der Waals surface area contributed by atoms with Gasteiger partial charge in [-0.25, -0.2) is 8.42 Å². The van der Waals surface area contributed by atoms with Crippen LogP contribution in [-0.4, -0.2) is 39.1 Å². The largest absolute Gasteiger partial charge is 0.355 e. The average Bonchev–Trinajstić information content (AvgIpc) is 3.08. The van der Waals surface area contributed by atoms with Crippen molar-refractivity contribution in [3.05, 3.63) is 59.6 Å². The molecule has 1 N–H and O–H groups in total. The van der Waals surface area contributed by atoms with E-state index in [1.54, 1.807) is 59.5 Å². The number of nitrogens with zero attached hydrogens (tertiary/aromatic N) is 1. The number of rotatable bonds is 7. The molecule has 2 amide bonds. The Bertz CT molecular complexity index is 946. The van der Waals surface area contributed by atoms with Gasteiger partial charge in [-0.2, -0.15) is 0 Å². The first-order valence-corrected chi connectivity index (χ1v) is 11.0. The monoisotopic (exact) mass is 420 g/mol. The Balaban J connectivity index is 1.49. The van der Waals surface area contributed by atoms with Gasteiger partial charge in [-0.05, 0) is 49.2 Å². The van der Waals surface area contributed by atoms with Crippen LogP contribution in [0, 0.1) is 5.92 Å². The Hall–Kier alpha value is -2.38. The van der Waals surface area contributed by atoms with Gasteiger partial charge in [0.25, 0.3) is 0 Å². The zero-order valence-corrected chi connectivity index (χ0v) is 16.7. The van der Waals surface area contributed by atoms with E-state index in [0.717, 1.165) is 0 Å². The summed E-state index contributed by atoms with van der Waals surface area (Å²) in [5.74, 6) is -1.43. The molecule has 28 heavy (non-hydrogen) atoms. The first kappa shape index (κ1) is 20.4. The van der Waals surface area contributed by atoms with Crippen LogP contribution in [0.4, 0.5) is 5.69 Å². The van der Waals surface area contributed by atoms with E-state index in [1.807, 2.05) is 0 Å². The summed E-state index contributed by atoms with van der Waals surface area (Å²) in [5.41, 5.74) is 0.707. The summed E-state index contributed by atoms with van der Waals surface area (Å²) in [6.45, 7) is 0.663. The van der Waals surface area contributed by atoms with Gasteiger partial charge in [0.05, 0.1) is 10.6 Å². The van der Waals surface area contributed by atoms with Crippen LogP contribution in [0.5, 0.6) is 0 Å². The molecule has 8 heteroatoms. The number of benzene rings is 2. The van der Waals surface area contributed by atoms with Gasteiger partial charge in [-0.1, -0.05) is 29.8 Å². The average molecular weight is 421 g/mol. The number of amides is 2. The fourth-order valence-electron chi connectivity index (χ4n) is 3.14. The van der Waals surface area contributed by atoms with Crippen LogP contribution in [0.15, 0.2) is 59.5 Å². The summed E-state index contributed by atoms with van der Waals surface area (Å²) in [7, 11) is -3.37. The van der Waals surface area contributed by atoms with E-state index < -0.39 is 15.8 Å².